The molecule has 4 nitrogen and oxygen atoms in total. The molecule has 1 rings (SSSR count). The smallest absolute Gasteiger partial charge is 0.320 e. The first kappa shape index (κ1) is 12.5. The molecule has 4 heteroatoms. The van der Waals surface area contributed by atoms with Crippen LogP contribution in [0.15, 0.2) is 24.3 Å². The molecular formula is C12H17NO3. The van der Waals surface area contributed by atoms with Gasteiger partial charge in [-0.05, 0) is 30.5 Å². The Kier molecular flexibility index (Phi) is 4.79. The van der Waals surface area contributed by atoms with E-state index in [0.717, 1.165) is 17.7 Å². The van der Waals surface area contributed by atoms with Gasteiger partial charge in [0.15, 0.2) is 0 Å². The maximum atomic E-state index is 10.6. The molecular weight excluding hydrogens is 206 g/mol. The summed E-state index contributed by atoms with van der Waals surface area (Å²) in [6.45, 7) is 2.69. The summed E-state index contributed by atoms with van der Waals surface area (Å²) in [7, 11) is 0. The van der Waals surface area contributed by atoms with E-state index in [1.54, 1.807) is 0 Å². The van der Waals surface area contributed by atoms with Gasteiger partial charge in [0.05, 0.1) is 6.61 Å². The van der Waals surface area contributed by atoms with Crippen LogP contribution < -0.4 is 10.5 Å². The number of hydrogen-bond donors (Lipinski definition) is 2. The zero-order valence-electron chi connectivity index (χ0n) is 9.35. The molecule has 1 atom stereocenters. The quantitative estimate of drug-likeness (QED) is 0.765. The van der Waals surface area contributed by atoms with Crippen LogP contribution in [0, 0.1) is 0 Å². The van der Waals surface area contributed by atoms with Crippen molar-refractivity contribution in [3.05, 3.63) is 29.8 Å². The number of carboxylic acid groups (broad SMARTS) is 1. The van der Waals surface area contributed by atoms with Crippen LogP contribution in [0.3, 0.4) is 0 Å². The molecule has 0 aliphatic carbocycles. The second kappa shape index (κ2) is 6.12. The molecule has 0 saturated carbocycles. The third-order valence-electron chi connectivity index (χ3n) is 2.14. The summed E-state index contributed by atoms with van der Waals surface area (Å²) in [5.74, 6) is -0.225. The number of carboxylic acids is 1. The molecule has 0 bridgehead atoms. The largest absolute Gasteiger partial charge is 0.494 e. The van der Waals surface area contributed by atoms with Crippen LogP contribution in [0.2, 0.25) is 0 Å². The highest BCUT2D eigenvalue weighted by atomic mass is 16.5. The lowest BCUT2D eigenvalue weighted by Gasteiger charge is -2.09. The molecule has 0 aliphatic heterocycles. The molecule has 0 saturated heterocycles. The third-order valence-corrected chi connectivity index (χ3v) is 2.14. The van der Waals surface area contributed by atoms with Crippen molar-refractivity contribution < 1.29 is 14.6 Å². The van der Waals surface area contributed by atoms with Crippen LogP contribution >= 0.6 is 0 Å². The molecule has 16 heavy (non-hydrogen) atoms. The van der Waals surface area contributed by atoms with Gasteiger partial charge in [-0.1, -0.05) is 19.1 Å². The Morgan fingerprint density at radius 3 is 2.94 bits per heavy atom. The van der Waals surface area contributed by atoms with Gasteiger partial charge in [0.1, 0.15) is 11.8 Å². The van der Waals surface area contributed by atoms with Gasteiger partial charge in [-0.3, -0.25) is 4.79 Å². The second-order valence-electron chi connectivity index (χ2n) is 3.64. The fourth-order valence-electron chi connectivity index (χ4n) is 1.32. The van der Waals surface area contributed by atoms with E-state index in [4.69, 9.17) is 15.6 Å². The monoisotopic (exact) mass is 223 g/mol. The Labute approximate surface area is 95.0 Å². The van der Waals surface area contributed by atoms with Crippen molar-refractivity contribution in [1.82, 2.24) is 0 Å². The van der Waals surface area contributed by atoms with Gasteiger partial charge < -0.3 is 15.6 Å². The van der Waals surface area contributed by atoms with Gasteiger partial charge in [0.2, 0.25) is 0 Å². The number of benzene rings is 1. The first-order valence-electron chi connectivity index (χ1n) is 5.33. The van der Waals surface area contributed by atoms with Crippen molar-refractivity contribution in [2.75, 3.05) is 6.61 Å². The minimum absolute atomic E-state index is 0.318. The molecule has 1 aromatic carbocycles. The van der Waals surface area contributed by atoms with E-state index >= 15 is 0 Å². The molecule has 0 spiro atoms. The number of carbonyl (C=O) groups is 1. The summed E-state index contributed by atoms with van der Waals surface area (Å²) in [5, 5.41) is 8.70. The number of aliphatic carboxylic acids is 1. The van der Waals surface area contributed by atoms with E-state index in [9.17, 15) is 4.79 Å². The molecule has 0 aromatic heterocycles. The minimum atomic E-state index is -0.986. The van der Waals surface area contributed by atoms with Crippen LogP contribution in [0.25, 0.3) is 0 Å². The van der Waals surface area contributed by atoms with Crippen LogP contribution in [0.1, 0.15) is 18.9 Å². The molecule has 0 radical (unpaired) electrons. The number of ether oxygens (including phenoxy) is 1. The fraction of sp³-hybridized carbons (Fsp3) is 0.417. The maximum absolute atomic E-state index is 10.6. The van der Waals surface area contributed by atoms with E-state index in [-0.39, 0.29) is 0 Å². The van der Waals surface area contributed by atoms with Crippen LogP contribution in [0.5, 0.6) is 5.75 Å². The van der Waals surface area contributed by atoms with E-state index in [1.807, 2.05) is 31.2 Å². The normalized spacial score (nSPS) is 12.1. The molecule has 88 valence electrons. The van der Waals surface area contributed by atoms with E-state index in [0.29, 0.717) is 13.0 Å². The number of rotatable bonds is 6. The zero-order chi connectivity index (χ0) is 12.0. The zero-order valence-corrected chi connectivity index (χ0v) is 9.35. The summed E-state index contributed by atoms with van der Waals surface area (Å²) in [4.78, 5) is 10.6. The fourth-order valence-corrected chi connectivity index (χ4v) is 1.32. The highest BCUT2D eigenvalue weighted by Gasteiger charge is 2.12. The van der Waals surface area contributed by atoms with Crippen molar-refractivity contribution in [3.8, 4) is 5.75 Å². The highest BCUT2D eigenvalue weighted by molar-refractivity contribution is 5.73. The van der Waals surface area contributed by atoms with Crippen molar-refractivity contribution in [2.45, 2.75) is 25.8 Å². The third kappa shape index (κ3) is 3.90. The Morgan fingerprint density at radius 2 is 2.31 bits per heavy atom. The van der Waals surface area contributed by atoms with Gasteiger partial charge in [-0.25, -0.2) is 0 Å². The number of hydrogen-bond acceptors (Lipinski definition) is 3. The summed E-state index contributed by atoms with van der Waals surface area (Å²) < 4.78 is 5.45. The van der Waals surface area contributed by atoms with Gasteiger partial charge in [-0.2, -0.15) is 0 Å². The van der Waals surface area contributed by atoms with Crippen LogP contribution in [-0.2, 0) is 11.2 Å². The van der Waals surface area contributed by atoms with E-state index in [1.165, 1.54) is 0 Å². The molecule has 0 fully saturated rings. The molecule has 0 aliphatic rings. The summed E-state index contributed by atoms with van der Waals surface area (Å²) in [5.41, 5.74) is 6.34. The van der Waals surface area contributed by atoms with E-state index in [2.05, 4.69) is 0 Å². The second-order valence-corrected chi connectivity index (χ2v) is 3.64. The first-order chi connectivity index (χ1) is 7.63. The van der Waals surface area contributed by atoms with Gasteiger partial charge in [0.25, 0.3) is 0 Å². The van der Waals surface area contributed by atoms with Crippen molar-refractivity contribution in [2.24, 2.45) is 5.73 Å². The van der Waals surface area contributed by atoms with Gasteiger partial charge in [0, 0.05) is 0 Å². The van der Waals surface area contributed by atoms with Crippen LogP contribution in [0.4, 0.5) is 0 Å². The topological polar surface area (TPSA) is 72.5 Å². The van der Waals surface area contributed by atoms with Gasteiger partial charge >= 0.3 is 5.97 Å². The molecule has 0 amide bonds. The Hall–Kier alpha value is -1.55. The molecule has 3 N–H and O–H groups in total. The molecule has 1 aromatic rings. The predicted molar refractivity (Wildman–Crippen MR) is 61.5 cm³/mol. The average Bonchev–Trinajstić information content (AvgIpc) is 2.26. The lowest BCUT2D eigenvalue weighted by Crippen LogP contribution is -2.32. The number of nitrogens with two attached hydrogens (primary N) is 1. The van der Waals surface area contributed by atoms with Crippen molar-refractivity contribution >= 4 is 5.97 Å². The van der Waals surface area contributed by atoms with Crippen molar-refractivity contribution in [3.63, 3.8) is 0 Å². The first-order valence-corrected chi connectivity index (χ1v) is 5.33. The molecule has 0 heterocycles. The maximum Gasteiger partial charge on any atom is 0.320 e. The Balaban J connectivity index is 2.63. The van der Waals surface area contributed by atoms with Crippen LogP contribution in [-0.4, -0.2) is 23.7 Å². The Bertz CT molecular complexity index is 352. The highest BCUT2D eigenvalue weighted by Crippen LogP contribution is 2.14. The standard InChI is InChI=1S/C12H17NO3/c1-2-6-16-10-5-3-4-9(7-10)8-11(13)12(14)15/h3-5,7,11H,2,6,8,13H2,1H3,(H,14,15). The van der Waals surface area contributed by atoms with E-state index < -0.39 is 12.0 Å². The van der Waals surface area contributed by atoms with Crippen molar-refractivity contribution in [1.29, 1.82) is 0 Å². The lowest BCUT2D eigenvalue weighted by molar-refractivity contribution is -0.138. The lowest BCUT2D eigenvalue weighted by atomic mass is 10.1. The minimum Gasteiger partial charge on any atom is -0.494 e. The molecule has 1 unspecified atom stereocenters. The Morgan fingerprint density at radius 1 is 1.56 bits per heavy atom. The predicted octanol–water partition coefficient (Wildman–Crippen LogP) is 1.43. The van der Waals surface area contributed by atoms with Gasteiger partial charge in [-0.15, -0.1) is 0 Å². The average molecular weight is 223 g/mol. The SMILES string of the molecule is CCCOc1cccc(CC(N)C(=O)O)c1. The summed E-state index contributed by atoms with van der Waals surface area (Å²) in [6, 6.07) is 6.52. The summed E-state index contributed by atoms with van der Waals surface area (Å²) >= 11 is 0. The summed E-state index contributed by atoms with van der Waals surface area (Å²) in [6.07, 6.45) is 1.26.